The first kappa shape index (κ1) is 18.9. The van der Waals surface area contributed by atoms with Crippen LogP contribution >= 0.6 is 0 Å². The van der Waals surface area contributed by atoms with Gasteiger partial charge < -0.3 is 4.74 Å². The molecule has 6 nitrogen and oxygen atoms in total. The normalized spacial score (nSPS) is 12.1. The molecule has 0 bridgehead atoms. The zero-order valence-corrected chi connectivity index (χ0v) is 16.1. The van der Waals surface area contributed by atoms with Gasteiger partial charge in [-0.2, -0.15) is 4.68 Å². The summed E-state index contributed by atoms with van der Waals surface area (Å²) < 4.78 is 6.81. The Morgan fingerprint density at radius 3 is 2.48 bits per heavy atom. The Bertz CT molecular complexity index is 932. The molecule has 1 aromatic heterocycles. The maximum absolute atomic E-state index is 12.9. The monoisotopic (exact) mass is 364 g/mol. The van der Waals surface area contributed by atoms with E-state index in [1.54, 1.807) is 11.8 Å². The molecule has 140 valence electrons. The smallest absolute Gasteiger partial charge is 0.163 e. The number of ketones is 1. The average molecular weight is 364 g/mol. The Morgan fingerprint density at radius 2 is 1.85 bits per heavy atom. The summed E-state index contributed by atoms with van der Waals surface area (Å²) in [6.45, 7) is 6.46. The van der Waals surface area contributed by atoms with Crippen LogP contribution in [0.15, 0.2) is 42.5 Å². The number of tetrazole rings is 1. The highest BCUT2D eigenvalue weighted by atomic mass is 16.5. The van der Waals surface area contributed by atoms with E-state index in [2.05, 4.69) is 46.7 Å². The minimum atomic E-state index is 0.0838. The summed E-state index contributed by atoms with van der Waals surface area (Å²) in [6.07, 6.45) is 0.430. The lowest BCUT2D eigenvalue weighted by atomic mass is 9.95. The van der Waals surface area contributed by atoms with Crippen LogP contribution in [-0.4, -0.2) is 39.7 Å². The number of rotatable bonds is 7. The first-order valence-electron chi connectivity index (χ1n) is 8.97. The number of Topliss-reactive ketones (excluding diaryl/α,β-unsaturated/α-hetero) is 1. The number of aryl methyl sites for hydroxylation is 2. The van der Waals surface area contributed by atoms with Crippen molar-refractivity contribution in [1.29, 1.82) is 0 Å². The molecule has 0 spiro atoms. The van der Waals surface area contributed by atoms with Crippen LogP contribution in [0.25, 0.3) is 16.8 Å². The highest BCUT2D eigenvalue weighted by Crippen LogP contribution is 2.26. The van der Waals surface area contributed by atoms with E-state index in [4.69, 9.17) is 4.74 Å². The lowest BCUT2D eigenvalue weighted by Crippen LogP contribution is -2.11. The molecule has 0 N–H and O–H groups in total. The second kappa shape index (κ2) is 8.22. The van der Waals surface area contributed by atoms with Crippen LogP contribution in [0.4, 0.5) is 0 Å². The van der Waals surface area contributed by atoms with Gasteiger partial charge in [0, 0.05) is 25.7 Å². The third kappa shape index (κ3) is 4.46. The maximum atomic E-state index is 12.9. The Balaban J connectivity index is 2.04. The molecule has 0 fully saturated rings. The van der Waals surface area contributed by atoms with Crippen molar-refractivity contribution in [3.8, 4) is 16.8 Å². The van der Waals surface area contributed by atoms with Gasteiger partial charge in [0.15, 0.2) is 11.6 Å². The SMILES string of the molecule is COCC(C)CC(=O)c1cc(-c2ccc(C)cc2)cc(-n2nnnc2C)c1. The molecule has 6 heteroatoms. The fourth-order valence-corrected chi connectivity index (χ4v) is 3.06. The highest BCUT2D eigenvalue weighted by Gasteiger charge is 2.15. The summed E-state index contributed by atoms with van der Waals surface area (Å²) in [5, 5.41) is 11.7. The van der Waals surface area contributed by atoms with E-state index in [0.717, 1.165) is 16.8 Å². The number of hydrogen-bond donors (Lipinski definition) is 0. The molecule has 1 unspecified atom stereocenters. The van der Waals surface area contributed by atoms with Crippen molar-refractivity contribution in [2.45, 2.75) is 27.2 Å². The topological polar surface area (TPSA) is 69.9 Å². The van der Waals surface area contributed by atoms with Crippen molar-refractivity contribution in [2.75, 3.05) is 13.7 Å². The van der Waals surface area contributed by atoms with E-state index in [-0.39, 0.29) is 11.7 Å². The number of methoxy groups -OCH3 is 1. The fourth-order valence-electron chi connectivity index (χ4n) is 3.06. The Labute approximate surface area is 159 Å². The number of carbonyl (C=O) groups excluding carboxylic acids is 1. The molecule has 2 aromatic carbocycles. The molecule has 27 heavy (non-hydrogen) atoms. The predicted octanol–water partition coefficient (Wildman–Crippen LogP) is 3.80. The van der Waals surface area contributed by atoms with Crippen LogP contribution in [0.2, 0.25) is 0 Å². The second-order valence-electron chi connectivity index (χ2n) is 6.96. The van der Waals surface area contributed by atoms with Gasteiger partial charge in [-0.1, -0.05) is 36.8 Å². The van der Waals surface area contributed by atoms with Crippen molar-refractivity contribution in [2.24, 2.45) is 5.92 Å². The van der Waals surface area contributed by atoms with Crippen molar-refractivity contribution in [1.82, 2.24) is 20.2 Å². The number of aromatic nitrogens is 4. The molecule has 0 aliphatic heterocycles. The van der Waals surface area contributed by atoms with Crippen LogP contribution < -0.4 is 0 Å². The number of benzene rings is 2. The molecule has 3 rings (SSSR count). The van der Waals surface area contributed by atoms with Crippen LogP contribution in [-0.2, 0) is 4.74 Å². The van der Waals surface area contributed by atoms with E-state index < -0.39 is 0 Å². The lowest BCUT2D eigenvalue weighted by Gasteiger charge is -2.13. The van der Waals surface area contributed by atoms with E-state index in [0.29, 0.717) is 24.4 Å². The van der Waals surface area contributed by atoms with E-state index in [1.165, 1.54) is 5.56 Å². The van der Waals surface area contributed by atoms with Crippen molar-refractivity contribution < 1.29 is 9.53 Å². The van der Waals surface area contributed by atoms with Crippen molar-refractivity contribution in [3.05, 3.63) is 59.4 Å². The molecule has 0 saturated carbocycles. The summed E-state index contributed by atoms with van der Waals surface area (Å²) >= 11 is 0. The quantitative estimate of drug-likeness (QED) is 0.596. The van der Waals surface area contributed by atoms with Crippen molar-refractivity contribution >= 4 is 5.78 Å². The van der Waals surface area contributed by atoms with Gasteiger partial charge in [0.2, 0.25) is 0 Å². The molecule has 1 atom stereocenters. The van der Waals surface area contributed by atoms with Gasteiger partial charge in [0.1, 0.15) is 0 Å². The van der Waals surface area contributed by atoms with Gasteiger partial charge >= 0.3 is 0 Å². The number of carbonyl (C=O) groups is 1. The zero-order valence-electron chi connectivity index (χ0n) is 16.1. The summed E-state index contributed by atoms with van der Waals surface area (Å²) in [5.41, 5.74) is 4.63. The first-order valence-corrected chi connectivity index (χ1v) is 8.97. The van der Waals surface area contributed by atoms with Gasteiger partial charge in [-0.3, -0.25) is 4.79 Å². The van der Waals surface area contributed by atoms with Crippen molar-refractivity contribution in [3.63, 3.8) is 0 Å². The maximum Gasteiger partial charge on any atom is 0.163 e. The Hall–Kier alpha value is -2.86. The van der Waals surface area contributed by atoms with Gasteiger partial charge in [-0.15, -0.1) is 5.10 Å². The number of hydrogen-bond acceptors (Lipinski definition) is 5. The molecular weight excluding hydrogens is 340 g/mol. The van der Waals surface area contributed by atoms with Crippen LogP contribution in [0.1, 0.15) is 35.1 Å². The number of nitrogens with zero attached hydrogens (tertiary/aromatic N) is 4. The standard InChI is InChI=1S/C21H24N4O2/c1-14-5-7-17(8-6-14)18-10-19(21(26)9-15(2)13-27-4)12-20(11-18)25-16(3)22-23-24-25/h5-8,10-12,15H,9,13H2,1-4H3. The van der Waals surface area contributed by atoms with Gasteiger partial charge in [-0.05, 0) is 59.5 Å². The largest absolute Gasteiger partial charge is 0.384 e. The lowest BCUT2D eigenvalue weighted by molar-refractivity contribution is 0.0920. The summed E-state index contributed by atoms with van der Waals surface area (Å²) in [6, 6.07) is 14.0. The minimum Gasteiger partial charge on any atom is -0.384 e. The highest BCUT2D eigenvalue weighted by molar-refractivity contribution is 5.98. The Morgan fingerprint density at radius 1 is 1.11 bits per heavy atom. The third-order valence-corrected chi connectivity index (χ3v) is 4.48. The summed E-state index contributed by atoms with van der Waals surface area (Å²) in [7, 11) is 1.65. The molecule has 3 aromatic rings. The molecular formula is C21H24N4O2. The molecule has 0 aliphatic carbocycles. The molecule has 0 amide bonds. The molecule has 1 heterocycles. The van der Waals surface area contributed by atoms with Gasteiger partial charge in [-0.25, -0.2) is 0 Å². The average Bonchev–Trinajstić information content (AvgIpc) is 3.08. The Kier molecular flexibility index (Phi) is 5.76. The number of ether oxygens (including phenoxy) is 1. The first-order chi connectivity index (χ1) is 13.0. The van der Waals surface area contributed by atoms with E-state index >= 15 is 0 Å². The summed E-state index contributed by atoms with van der Waals surface area (Å²) in [4.78, 5) is 12.9. The van der Waals surface area contributed by atoms with Gasteiger partial charge in [0.25, 0.3) is 0 Å². The van der Waals surface area contributed by atoms with Gasteiger partial charge in [0.05, 0.1) is 5.69 Å². The van der Waals surface area contributed by atoms with E-state index in [9.17, 15) is 4.79 Å². The van der Waals surface area contributed by atoms with Crippen LogP contribution in [0.5, 0.6) is 0 Å². The van der Waals surface area contributed by atoms with Crippen LogP contribution in [0, 0.1) is 19.8 Å². The molecule has 0 aliphatic rings. The summed E-state index contributed by atoms with van der Waals surface area (Å²) in [5.74, 6) is 0.909. The van der Waals surface area contributed by atoms with E-state index in [1.807, 2.05) is 32.0 Å². The molecule has 0 saturated heterocycles. The zero-order chi connectivity index (χ0) is 19.4. The second-order valence-corrected chi connectivity index (χ2v) is 6.96. The predicted molar refractivity (Wildman–Crippen MR) is 104 cm³/mol. The van der Waals surface area contributed by atoms with Crippen LogP contribution in [0.3, 0.4) is 0 Å². The minimum absolute atomic E-state index is 0.0838. The fraction of sp³-hybridized carbons (Fsp3) is 0.333. The third-order valence-electron chi connectivity index (χ3n) is 4.48. The molecule has 0 radical (unpaired) electrons.